The zero-order valence-corrected chi connectivity index (χ0v) is 23.0. The minimum absolute atomic E-state index is 0.0169. The van der Waals surface area contributed by atoms with E-state index in [1.807, 2.05) is 18.2 Å². The van der Waals surface area contributed by atoms with Gasteiger partial charge in [-0.25, -0.2) is 9.59 Å². The summed E-state index contributed by atoms with van der Waals surface area (Å²) < 4.78 is 5.96. The largest absolute Gasteiger partial charge is 0.479 e. The molecule has 1 saturated heterocycles. The Balaban J connectivity index is 1.17. The summed E-state index contributed by atoms with van der Waals surface area (Å²) in [6.45, 7) is 1.23. The summed E-state index contributed by atoms with van der Waals surface area (Å²) in [6.07, 6.45) is 11.4. The number of rotatable bonds is 2. The van der Waals surface area contributed by atoms with E-state index in [-0.39, 0.29) is 30.2 Å². The molecular formula is C31H39N3O6. The first-order valence-electron chi connectivity index (χ1n) is 14.9. The number of carboxylic acids is 1. The average Bonchev–Trinajstić information content (AvgIpc) is 3.45. The standard InChI is InChI=1S/C31H39N3O6/c35-26-13-6-4-2-1-3-5-11-22-17-31(22,28(37)38)32-27(36)25-16-23(19-34(25)26)40-29(39)33-18-21-10-7-8-12-24(21)30(20-33)14-9-15-30/h5,7-8,10-12,22-23,25H,1-4,6,9,13-20H2,(H,32,36)(H,37,38)/b11-5-/t22-,23-,25+,31-/m1/s1. The maximum atomic E-state index is 13.5. The number of amides is 3. The topological polar surface area (TPSA) is 116 Å². The molecule has 4 atom stereocenters. The zero-order valence-electron chi connectivity index (χ0n) is 23.0. The Labute approximate surface area is 234 Å². The second-order valence-electron chi connectivity index (χ2n) is 12.4. The van der Waals surface area contributed by atoms with Crippen LogP contribution in [0.25, 0.3) is 0 Å². The Hall–Kier alpha value is -3.36. The number of hydrogen-bond acceptors (Lipinski definition) is 5. The molecule has 1 aromatic carbocycles. The molecule has 9 heteroatoms. The lowest BCUT2D eigenvalue weighted by atomic mass is 9.61. The lowest BCUT2D eigenvalue weighted by molar-refractivity contribution is -0.145. The molecule has 3 aliphatic heterocycles. The molecule has 0 radical (unpaired) electrons. The summed E-state index contributed by atoms with van der Waals surface area (Å²) in [6, 6.07) is 7.44. The Morgan fingerprint density at radius 1 is 1.05 bits per heavy atom. The van der Waals surface area contributed by atoms with Crippen molar-refractivity contribution in [3.8, 4) is 0 Å². The molecule has 5 aliphatic rings. The maximum Gasteiger partial charge on any atom is 0.410 e. The molecule has 0 bridgehead atoms. The van der Waals surface area contributed by atoms with Crippen LogP contribution in [0.3, 0.4) is 0 Å². The summed E-state index contributed by atoms with van der Waals surface area (Å²) in [4.78, 5) is 55.6. The number of nitrogens with zero attached hydrogens (tertiary/aromatic N) is 2. The smallest absolute Gasteiger partial charge is 0.410 e. The molecule has 0 aromatic heterocycles. The van der Waals surface area contributed by atoms with Gasteiger partial charge in [-0.05, 0) is 49.7 Å². The van der Waals surface area contributed by atoms with Crippen LogP contribution in [0.1, 0.15) is 81.8 Å². The second-order valence-corrected chi connectivity index (χ2v) is 12.4. The number of fused-ring (bicyclic) bond motifs is 4. The molecule has 2 N–H and O–H groups in total. The monoisotopic (exact) mass is 549 g/mol. The van der Waals surface area contributed by atoms with Crippen LogP contribution < -0.4 is 5.32 Å². The number of carbonyl (C=O) groups excluding carboxylic acids is 3. The Morgan fingerprint density at radius 2 is 1.85 bits per heavy atom. The van der Waals surface area contributed by atoms with Gasteiger partial charge in [-0.1, -0.05) is 55.7 Å². The van der Waals surface area contributed by atoms with Gasteiger partial charge in [0.2, 0.25) is 11.8 Å². The quantitative estimate of drug-likeness (QED) is 0.541. The van der Waals surface area contributed by atoms with E-state index < -0.39 is 35.7 Å². The lowest BCUT2D eigenvalue weighted by Crippen LogP contribution is -2.53. The highest BCUT2D eigenvalue weighted by Crippen LogP contribution is 2.48. The minimum Gasteiger partial charge on any atom is -0.479 e. The summed E-state index contributed by atoms with van der Waals surface area (Å²) >= 11 is 0. The first-order chi connectivity index (χ1) is 19.3. The molecule has 3 amide bonds. The minimum atomic E-state index is -1.34. The third kappa shape index (κ3) is 4.88. The van der Waals surface area contributed by atoms with E-state index in [9.17, 15) is 24.3 Å². The van der Waals surface area contributed by atoms with E-state index in [1.165, 1.54) is 10.5 Å². The van der Waals surface area contributed by atoms with Crippen molar-refractivity contribution in [2.45, 2.75) is 100 Å². The fourth-order valence-corrected chi connectivity index (χ4v) is 7.23. The molecule has 40 heavy (non-hydrogen) atoms. The van der Waals surface area contributed by atoms with Crippen LogP contribution in [-0.4, -0.2) is 69.6 Å². The number of carbonyl (C=O) groups is 4. The molecule has 9 nitrogen and oxygen atoms in total. The van der Waals surface area contributed by atoms with Gasteiger partial charge in [0, 0.05) is 37.3 Å². The van der Waals surface area contributed by atoms with Gasteiger partial charge < -0.3 is 25.0 Å². The first-order valence-corrected chi connectivity index (χ1v) is 14.9. The normalized spacial score (nSPS) is 32.4. The number of hydrogen-bond donors (Lipinski definition) is 2. The average molecular weight is 550 g/mol. The predicted molar refractivity (Wildman–Crippen MR) is 146 cm³/mol. The van der Waals surface area contributed by atoms with Crippen LogP contribution in [0.15, 0.2) is 36.4 Å². The Kier molecular flexibility index (Phi) is 7.09. The Morgan fingerprint density at radius 3 is 2.62 bits per heavy atom. The highest BCUT2D eigenvalue weighted by atomic mass is 16.6. The number of ether oxygens (including phenoxy) is 1. The van der Waals surface area contributed by atoms with Gasteiger partial charge in [0.1, 0.15) is 17.7 Å². The zero-order chi connectivity index (χ0) is 27.9. The van der Waals surface area contributed by atoms with Gasteiger partial charge in [0.05, 0.1) is 6.54 Å². The molecule has 3 fully saturated rings. The summed E-state index contributed by atoms with van der Waals surface area (Å²) in [7, 11) is 0. The van der Waals surface area contributed by atoms with Crippen LogP contribution >= 0.6 is 0 Å². The van der Waals surface area contributed by atoms with E-state index in [1.54, 1.807) is 4.90 Å². The molecule has 0 unspecified atom stereocenters. The van der Waals surface area contributed by atoms with Crippen molar-refractivity contribution in [1.29, 1.82) is 0 Å². The number of nitrogens with one attached hydrogen (secondary N) is 1. The predicted octanol–water partition coefficient (Wildman–Crippen LogP) is 3.90. The van der Waals surface area contributed by atoms with Crippen molar-refractivity contribution in [2.24, 2.45) is 5.92 Å². The second kappa shape index (κ2) is 10.6. The van der Waals surface area contributed by atoms with E-state index in [4.69, 9.17) is 4.74 Å². The number of carboxylic acid groups (broad SMARTS) is 1. The van der Waals surface area contributed by atoms with E-state index in [0.29, 0.717) is 25.9 Å². The van der Waals surface area contributed by atoms with Gasteiger partial charge in [0.25, 0.3) is 0 Å². The third-order valence-electron chi connectivity index (χ3n) is 9.79. The van der Waals surface area contributed by atoms with Crippen LogP contribution in [0, 0.1) is 5.92 Å². The van der Waals surface area contributed by atoms with Crippen molar-refractivity contribution in [3.63, 3.8) is 0 Å². The van der Waals surface area contributed by atoms with E-state index in [0.717, 1.165) is 56.9 Å². The summed E-state index contributed by atoms with van der Waals surface area (Å²) in [5.74, 6) is -1.96. The van der Waals surface area contributed by atoms with E-state index in [2.05, 4.69) is 23.5 Å². The summed E-state index contributed by atoms with van der Waals surface area (Å²) in [5.41, 5.74) is 1.12. The fraction of sp³-hybridized carbons (Fsp3) is 0.613. The number of allylic oxidation sites excluding steroid dienone is 1. The van der Waals surface area contributed by atoms with Crippen molar-refractivity contribution in [1.82, 2.24) is 15.1 Å². The molecule has 6 rings (SSSR count). The highest BCUT2D eigenvalue weighted by Gasteiger charge is 2.61. The molecule has 2 saturated carbocycles. The first kappa shape index (κ1) is 26.8. The van der Waals surface area contributed by atoms with Gasteiger partial charge in [-0.3, -0.25) is 9.59 Å². The maximum absolute atomic E-state index is 13.5. The van der Waals surface area contributed by atoms with Crippen molar-refractivity contribution in [3.05, 3.63) is 47.5 Å². The Bertz CT molecular complexity index is 1230. The van der Waals surface area contributed by atoms with Crippen LogP contribution in [0.4, 0.5) is 4.79 Å². The molecule has 1 spiro atoms. The van der Waals surface area contributed by atoms with Crippen molar-refractivity contribution >= 4 is 23.9 Å². The summed E-state index contributed by atoms with van der Waals surface area (Å²) in [5, 5.41) is 12.7. The molecule has 2 aliphatic carbocycles. The number of benzene rings is 1. The molecular weight excluding hydrogens is 510 g/mol. The third-order valence-corrected chi connectivity index (χ3v) is 9.79. The van der Waals surface area contributed by atoms with Gasteiger partial charge in [0.15, 0.2) is 0 Å². The lowest BCUT2D eigenvalue weighted by Gasteiger charge is -2.49. The van der Waals surface area contributed by atoms with Gasteiger partial charge >= 0.3 is 12.1 Å². The highest BCUT2D eigenvalue weighted by molar-refractivity contribution is 5.94. The fourth-order valence-electron chi connectivity index (χ4n) is 7.23. The molecule has 1 aromatic rings. The van der Waals surface area contributed by atoms with Crippen molar-refractivity contribution in [2.75, 3.05) is 13.1 Å². The van der Waals surface area contributed by atoms with Crippen LogP contribution in [0.5, 0.6) is 0 Å². The van der Waals surface area contributed by atoms with Crippen LogP contribution in [0.2, 0.25) is 0 Å². The van der Waals surface area contributed by atoms with Crippen LogP contribution in [-0.2, 0) is 31.1 Å². The molecule has 214 valence electrons. The SMILES string of the molecule is O=C1N[C@]2(C(=O)O)C[C@H]2/C=C\CCCCCCC(=O)N2C[C@H](OC(=O)N3Cc4ccccc4C4(CCC4)C3)C[C@@H]12. The van der Waals surface area contributed by atoms with Crippen molar-refractivity contribution < 1.29 is 29.0 Å². The molecule has 3 heterocycles. The number of aliphatic carboxylic acids is 1. The van der Waals surface area contributed by atoms with Gasteiger partial charge in [-0.15, -0.1) is 0 Å². The van der Waals surface area contributed by atoms with E-state index >= 15 is 0 Å². The van der Waals surface area contributed by atoms with Gasteiger partial charge in [-0.2, -0.15) is 0 Å².